The fourth-order valence-electron chi connectivity index (χ4n) is 1.40. The van der Waals surface area contributed by atoms with Crippen LogP contribution in [0.2, 0.25) is 5.15 Å². The third-order valence-corrected chi connectivity index (χ3v) is 2.33. The summed E-state index contributed by atoms with van der Waals surface area (Å²) in [6, 6.07) is 5.79. The van der Waals surface area contributed by atoms with Crippen molar-refractivity contribution in [3.8, 4) is 11.6 Å². The largest absolute Gasteiger partial charge is 0.439 e. The third kappa shape index (κ3) is 2.91. The molecule has 0 bridgehead atoms. The highest BCUT2D eigenvalue weighted by Crippen LogP contribution is 2.25. The van der Waals surface area contributed by atoms with Gasteiger partial charge < -0.3 is 4.74 Å². The van der Waals surface area contributed by atoms with E-state index in [1.54, 1.807) is 19.9 Å². The Bertz CT molecular complexity index is 540. The van der Waals surface area contributed by atoms with Crippen molar-refractivity contribution in [2.45, 2.75) is 13.8 Å². The molecule has 5 heteroatoms. The Labute approximate surface area is 103 Å². The molecule has 0 aliphatic heterocycles. The van der Waals surface area contributed by atoms with Crippen LogP contribution in [0.1, 0.15) is 11.4 Å². The molecule has 17 heavy (non-hydrogen) atoms. The molecule has 88 valence electrons. The minimum Gasteiger partial charge on any atom is -0.439 e. The van der Waals surface area contributed by atoms with Crippen LogP contribution in [0.4, 0.5) is 4.39 Å². The second-order valence-electron chi connectivity index (χ2n) is 3.59. The molecule has 0 aliphatic rings. The van der Waals surface area contributed by atoms with E-state index < -0.39 is 0 Å². The van der Waals surface area contributed by atoms with E-state index in [4.69, 9.17) is 16.3 Å². The van der Waals surface area contributed by atoms with Gasteiger partial charge in [0.05, 0.1) is 0 Å². The van der Waals surface area contributed by atoms with Crippen molar-refractivity contribution in [1.29, 1.82) is 0 Å². The van der Waals surface area contributed by atoms with Gasteiger partial charge in [-0.05, 0) is 37.6 Å². The fourth-order valence-corrected chi connectivity index (χ4v) is 1.61. The van der Waals surface area contributed by atoms with Gasteiger partial charge in [0.15, 0.2) is 0 Å². The maximum absolute atomic E-state index is 12.9. The molecule has 0 saturated carbocycles. The van der Waals surface area contributed by atoms with Crippen LogP contribution in [0.25, 0.3) is 0 Å². The Morgan fingerprint density at radius 2 is 1.94 bits per heavy atom. The number of hydrogen-bond acceptors (Lipinski definition) is 3. The second kappa shape index (κ2) is 4.67. The number of ether oxygens (including phenoxy) is 1. The highest BCUT2D eigenvalue weighted by Gasteiger charge is 2.06. The zero-order valence-electron chi connectivity index (χ0n) is 9.37. The van der Waals surface area contributed by atoms with Crippen LogP contribution in [-0.2, 0) is 0 Å². The Kier molecular flexibility index (Phi) is 3.24. The van der Waals surface area contributed by atoms with E-state index >= 15 is 0 Å². The van der Waals surface area contributed by atoms with Gasteiger partial charge in [-0.25, -0.2) is 9.37 Å². The molecule has 0 aliphatic carbocycles. The summed E-state index contributed by atoms with van der Waals surface area (Å²) < 4.78 is 18.4. The lowest BCUT2D eigenvalue weighted by atomic mass is 10.2. The lowest BCUT2D eigenvalue weighted by Gasteiger charge is -2.08. The maximum Gasteiger partial charge on any atom is 0.224 e. The number of nitrogens with zero attached hydrogens (tertiary/aromatic N) is 2. The van der Waals surface area contributed by atoms with Crippen LogP contribution in [0.3, 0.4) is 0 Å². The van der Waals surface area contributed by atoms with Crippen molar-refractivity contribution in [3.63, 3.8) is 0 Å². The number of aryl methyl sites for hydroxylation is 2. The average molecular weight is 253 g/mol. The van der Waals surface area contributed by atoms with Crippen LogP contribution in [0, 0.1) is 19.7 Å². The van der Waals surface area contributed by atoms with Gasteiger partial charge in [0.25, 0.3) is 0 Å². The summed E-state index contributed by atoms with van der Waals surface area (Å²) in [7, 11) is 0. The van der Waals surface area contributed by atoms with Gasteiger partial charge in [0.1, 0.15) is 22.5 Å². The summed E-state index contributed by atoms with van der Waals surface area (Å²) >= 11 is 5.79. The predicted molar refractivity (Wildman–Crippen MR) is 63.0 cm³/mol. The summed E-state index contributed by atoms with van der Waals surface area (Å²) in [4.78, 5) is 8.01. The summed E-state index contributed by atoms with van der Waals surface area (Å²) in [5.41, 5.74) is 0.692. The predicted octanol–water partition coefficient (Wildman–Crippen LogP) is 3.68. The van der Waals surface area contributed by atoms with Crippen LogP contribution < -0.4 is 4.74 Å². The molecule has 2 rings (SSSR count). The van der Waals surface area contributed by atoms with Gasteiger partial charge in [-0.2, -0.15) is 4.98 Å². The molecule has 0 fully saturated rings. The van der Waals surface area contributed by atoms with E-state index in [0.29, 0.717) is 28.2 Å². The van der Waals surface area contributed by atoms with Crippen LogP contribution in [0.5, 0.6) is 11.6 Å². The fraction of sp³-hybridized carbons (Fsp3) is 0.167. The lowest BCUT2D eigenvalue weighted by Crippen LogP contribution is -1.94. The Balaban J connectivity index is 2.31. The Hall–Kier alpha value is -1.68. The molecule has 0 atom stereocenters. The van der Waals surface area contributed by atoms with E-state index in [0.717, 1.165) is 0 Å². The number of hydrogen-bond donors (Lipinski definition) is 0. The van der Waals surface area contributed by atoms with E-state index in [9.17, 15) is 4.39 Å². The normalized spacial score (nSPS) is 10.4. The molecule has 2 aromatic rings. The van der Waals surface area contributed by atoms with Crippen LogP contribution in [-0.4, -0.2) is 9.97 Å². The van der Waals surface area contributed by atoms with E-state index in [1.807, 2.05) is 0 Å². The molecule has 0 saturated heterocycles. The number of benzene rings is 1. The van der Waals surface area contributed by atoms with Gasteiger partial charge in [0, 0.05) is 6.07 Å². The lowest BCUT2D eigenvalue weighted by molar-refractivity contribution is 0.454. The van der Waals surface area contributed by atoms with Crippen molar-refractivity contribution < 1.29 is 9.13 Å². The molecule has 0 unspecified atom stereocenters. The number of halogens is 2. The molecular formula is C12H10ClFN2O. The Morgan fingerprint density at radius 1 is 1.18 bits per heavy atom. The molecule has 1 aromatic heterocycles. The minimum absolute atomic E-state index is 0.299. The first-order valence-corrected chi connectivity index (χ1v) is 5.37. The van der Waals surface area contributed by atoms with Gasteiger partial charge in [-0.3, -0.25) is 0 Å². The summed E-state index contributed by atoms with van der Waals surface area (Å²) in [5, 5.41) is 0.312. The van der Waals surface area contributed by atoms with Crippen molar-refractivity contribution in [3.05, 3.63) is 46.6 Å². The van der Waals surface area contributed by atoms with E-state index in [-0.39, 0.29) is 5.82 Å². The SMILES string of the molecule is Cc1nc(Cl)cc(Oc2ccc(F)cc2C)n1. The monoisotopic (exact) mass is 252 g/mol. The summed E-state index contributed by atoms with van der Waals surface area (Å²) in [5.74, 6) is 1.11. The van der Waals surface area contributed by atoms with E-state index in [1.165, 1.54) is 18.2 Å². The van der Waals surface area contributed by atoms with Crippen LogP contribution >= 0.6 is 11.6 Å². The number of rotatable bonds is 2. The molecule has 1 heterocycles. The molecule has 3 nitrogen and oxygen atoms in total. The third-order valence-electron chi connectivity index (χ3n) is 2.13. The van der Waals surface area contributed by atoms with Gasteiger partial charge in [0.2, 0.25) is 5.88 Å². The van der Waals surface area contributed by atoms with Gasteiger partial charge >= 0.3 is 0 Å². The first-order chi connectivity index (χ1) is 8.04. The topological polar surface area (TPSA) is 35.0 Å². The highest BCUT2D eigenvalue weighted by atomic mass is 35.5. The smallest absolute Gasteiger partial charge is 0.224 e. The molecule has 0 amide bonds. The molecular weight excluding hydrogens is 243 g/mol. The molecule has 0 radical (unpaired) electrons. The summed E-state index contributed by atoms with van der Waals surface area (Å²) in [6.07, 6.45) is 0. The first-order valence-electron chi connectivity index (χ1n) is 5.00. The quantitative estimate of drug-likeness (QED) is 0.765. The second-order valence-corrected chi connectivity index (χ2v) is 3.98. The highest BCUT2D eigenvalue weighted by molar-refractivity contribution is 6.29. The number of aromatic nitrogens is 2. The van der Waals surface area contributed by atoms with Crippen molar-refractivity contribution in [1.82, 2.24) is 9.97 Å². The van der Waals surface area contributed by atoms with Crippen molar-refractivity contribution in [2.75, 3.05) is 0 Å². The molecule has 0 spiro atoms. The molecule has 1 aromatic carbocycles. The van der Waals surface area contributed by atoms with Gasteiger partial charge in [-0.1, -0.05) is 11.6 Å². The minimum atomic E-state index is -0.299. The summed E-state index contributed by atoms with van der Waals surface area (Å²) in [6.45, 7) is 3.48. The first kappa shape index (κ1) is 11.8. The zero-order chi connectivity index (χ0) is 12.4. The standard InChI is InChI=1S/C12H10ClFN2O/c1-7-5-9(14)3-4-10(7)17-12-6-11(13)15-8(2)16-12/h3-6H,1-2H3. The average Bonchev–Trinajstić information content (AvgIpc) is 2.21. The zero-order valence-corrected chi connectivity index (χ0v) is 10.1. The van der Waals surface area contributed by atoms with Crippen molar-refractivity contribution >= 4 is 11.6 Å². The van der Waals surface area contributed by atoms with Gasteiger partial charge in [-0.15, -0.1) is 0 Å². The maximum atomic E-state index is 12.9. The van der Waals surface area contributed by atoms with Crippen molar-refractivity contribution in [2.24, 2.45) is 0 Å². The molecule has 0 N–H and O–H groups in total. The Morgan fingerprint density at radius 3 is 2.59 bits per heavy atom. The van der Waals surface area contributed by atoms with E-state index in [2.05, 4.69) is 9.97 Å². The van der Waals surface area contributed by atoms with Crippen LogP contribution in [0.15, 0.2) is 24.3 Å².